The average molecular weight is 208 g/mol. The standard InChI is InChI=1S/C12H16O3/c1-9(2)12(14)15-11-6-4-3-5-10(11)7-8-13/h3-6,9,13H,7-8H2,1-2H3. The van der Waals surface area contributed by atoms with Gasteiger partial charge in [0.15, 0.2) is 0 Å². The minimum atomic E-state index is -0.250. The van der Waals surface area contributed by atoms with Gasteiger partial charge in [0, 0.05) is 6.61 Å². The van der Waals surface area contributed by atoms with Gasteiger partial charge in [0.1, 0.15) is 5.75 Å². The number of hydrogen-bond donors (Lipinski definition) is 1. The molecule has 0 atom stereocenters. The van der Waals surface area contributed by atoms with Gasteiger partial charge >= 0.3 is 5.97 Å². The molecule has 15 heavy (non-hydrogen) atoms. The molecule has 0 spiro atoms. The van der Waals surface area contributed by atoms with E-state index in [2.05, 4.69) is 0 Å². The first kappa shape index (κ1) is 11.7. The molecule has 0 fully saturated rings. The van der Waals surface area contributed by atoms with Gasteiger partial charge in [-0.15, -0.1) is 0 Å². The third kappa shape index (κ3) is 3.36. The molecule has 0 radical (unpaired) electrons. The van der Waals surface area contributed by atoms with Gasteiger partial charge in [-0.1, -0.05) is 32.0 Å². The molecule has 0 heterocycles. The first-order chi connectivity index (χ1) is 7.15. The van der Waals surface area contributed by atoms with Crippen molar-refractivity contribution in [3.8, 4) is 5.75 Å². The topological polar surface area (TPSA) is 46.5 Å². The van der Waals surface area contributed by atoms with Crippen LogP contribution in [0.15, 0.2) is 24.3 Å². The molecule has 0 aromatic heterocycles. The number of rotatable bonds is 4. The van der Waals surface area contributed by atoms with E-state index in [1.807, 2.05) is 18.2 Å². The highest BCUT2D eigenvalue weighted by Gasteiger charge is 2.11. The van der Waals surface area contributed by atoms with Crippen LogP contribution in [0, 0.1) is 5.92 Å². The molecule has 1 aromatic rings. The number of esters is 1. The Morgan fingerprint density at radius 3 is 2.67 bits per heavy atom. The fraction of sp³-hybridized carbons (Fsp3) is 0.417. The Bertz CT molecular complexity index is 331. The molecule has 1 rings (SSSR count). The Hall–Kier alpha value is -1.35. The Balaban J connectivity index is 2.79. The van der Waals surface area contributed by atoms with E-state index in [9.17, 15) is 4.79 Å². The van der Waals surface area contributed by atoms with Gasteiger partial charge in [0.05, 0.1) is 5.92 Å². The van der Waals surface area contributed by atoms with Crippen molar-refractivity contribution in [3.63, 3.8) is 0 Å². The number of carbonyl (C=O) groups is 1. The fourth-order valence-electron chi connectivity index (χ4n) is 1.16. The summed E-state index contributed by atoms with van der Waals surface area (Å²) in [6, 6.07) is 7.26. The summed E-state index contributed by atoms with van der Waals surface area (Å²) in [4.78, 5) is 11.4. The smallest absolute Gasteiger partial charge is 0.313 e. The Labute approximate surface area is 89.7 Å². The third-order valence-electron chi connectivity index (χ3n) is 2.04. The lowest BCUT2D eigenvalue weighted by Gasteiger charge is -2.10. The molecule has 0 aliphatic rings. The molecule has 82 valence electrons. The molecular weight excluding hydrogens is 192 g/mol. The largest absolute Gasteiger partial charge is 0.426 e. The van der Waals surface area contributed by atoms with Crippen LogP contribution in [0.4, 0.5) is 0 Å². The maximum atomic E-state index is 11.4. The normalized spacial score (nSPS) is 10.4. The minimum absolute atomic E-state index is 0.0518. The number of para-hydroxylation sites is 1. The van der Waals surface area contributed by atoms with Crippen molar-refractivity contribution in [3.05, 3.63) is 29.8 Å². The molecule has 0 saturated heterocycles. The van der Waals surface area contributed by atoms with Gasteiger partial charge in [0.2, 0.25) is 0 Å². The van der Waals surface area contributed by atoms with E-state index in [1.165, 1.54) is 0 Å². The summed E-state index contributed by atoms with van der Waals surface area (Å²) in [6.45, 7) is 3.63. The van der Waals surface area contributed by atoms with Crippen LogP contribution >= 0.6 is 0 Å². The molecule has 0 aliphatic heterocycles. The van der Waals surface area contributed by atoms with Gasteiger partial charge in [-0.3, -0.25) is 4.79 Å². The Morgan fingerprint density at radius 1 is 1.40 bits per heavy atom. The van der Waals surface area contributed by atoms with Gasteiger partial charge in [-0.25, -0.2) is 0 Å². The van der Waals surface area contributed by atoms with Crippen molar-refractivity contribution < 1.29 is 14.6 Å². The monoisotopic (exact) mass is 208 g/mol. The number of hydrogen-bond acceptors (Lipinski definition) is 3. The Morgan fingerprint density at radius 2 is 2.07 bits per heavy atom. The highest BCUT2D eigenvalue weighted by Crippen LogP contribution is 2.19. The van der Waals surface area contributed by atoms with Gasteiger partial charge in [-0.05, 0) is 18.1 Å². The second-order valence-corrected chi connectivity index (χ2v) is 3.66. The van der Waals surface area contributed by atoms with Crippen LogP contribution in [-0.2, 0) is 11.2 Å². The van der Waals surface area contributed by atoms with Crippen LogP contribution < -0.4 is 4.74 Å². The van der Waals surface area contributed by atoms with Crippen molar-refractivity contribution in [2.45, 2.75) is 20.3 Å². The number of ether oxygens (including phenoxy) is 1. The molecular formula is C12H16O3. The summed E-state index contributed by atoms with van der Waals surface area (Å²) in [5.74, 6) is 0.151. The van der Waals surface area contributed by atoms with Gasteiger partial charge < -0.3 is 9.84 Å². The van der Waals surface area contributed by atoms with E-state index >= 15 is 0 Å². The first-order valence-corrected chi connectivity index (χ1v) is 5.05. The molecule has 0 unspecified atom stereocenters. The van der Waals surface area contributed by atoms with E-state index in [0.717, 1.165) is 5.56 Å². The van der Waals surface area contributed by atoms with Crippen molar-refractivity contribution in [2.24, 2.45) is 5.92 Å². The van der Waals surface area contributed by atoms with Crippen LogP contribution in [0.3, 0.4) is 0 Å². The number of aliphatic hydroxyl groups is 1. The zero-order chi connectivity index (χ0) is 11.3. The van der Waals surface area contributed by atoms with Crippen LogP contribution in [0.25, 0.3) is 0 Å². The lowest BCUT2D eigenvalue weighted by atomic mass is 10.1. The summed E-state index contributed by atoms with van der Waals surface area (Å²) < 4.78 is 5.21. The van der Waals surface area contributed by atoms with Crippen molar-refractivity contribution in [1.82, 2.24) is 0 Å². The van der Waals surface area contributed by atoms with Gasteiger partial charge in [-0.2, -0.15) is 0 Å². The zero-order valence-corrected chi connectivity index (χ0v) is 9.06. The van der Waals surface area contributed by atoms with Crippen molar-refractivity contribution in [1.29, 1.82) is 0 Å². The fourth-order valence-corrected chi connectivity index (χ4v) is 1.16. The van der Waals surface area contributed by atoms with E-state index in [-0.39, 0.29) is 18.5 Å². The minimum Gasteiger partial charge on any atom is -0.426 e. The summed E-state index contributed by atoms with van der Waals surface area (Å²) in [7, 11) is 0. The molecule has 3 heteroatoms. The van der Waals surface area contributed by atoms with E-state index < -0.39 is 0 Å². The predicted octanol–water partition coefficient (Wildman–Crippen LogP) is 1.78. The average Bonchev–Trinajstić information content (AvgIpc) is 2.21. The molecule has 0 saturated carbocycles. The van der Waals surface area contributed by atoms with Crippen LogP contribution in [0.2, 0.25) is 0 Å². The van der Waals surface area contributed by atoms with Crippen LogP contribution in [0.1, 0.15) is 19.4 Å². The maximum Gasteiger partial charge on any atom is 0.313 e. The summed E-state index contributed by atoms with van der Waals surface area (Å²) >= 11 is 0. The quantitative estimate of drug-likeness (QED) is 0.606. The molecule has 1 aromatic carbocycles. The second kappa shape index (κ2) is 5.51. The second-order valence-electron chi connectivity index (χ2n) is 3.66. The van der Waals surface area contributed by atoms with Crippen LogP contribution in [-0.4, -0.2) is 17.7 Å². The first-order valence-electron chi connectivity index (χ1n) is 5.05. The molecule has 0 bridgehead atoms. The lowest BCUT2D eigenvalue weighted by molar-refractivity contribution is -0.137. The van der Waals surface area contributed by atoms with Gasteiger partial charge in [0.25, 0.3) is 0 Å². The molecule has 3 nitrogen and oxygen atoms in total. The van der Waals surface area contributed by atoms with Crippen LogP contribution in [0.5, 0.6) is 5.75 Å². The highest BCUT2D eigenvalue weighted by molar-refractivity contribution is 5.74. The number of aliphatic hydroxyl groups excluding tert-OH is 1. The summed E-state index contributed by atoms with van der Waals surface area (Å²) in [5, 5.41) is 8.85. The summed E-state index contributed by atoms with van der Waals surface area (Å²) in [6.07, 6.45) is 0.502. The molecule has 1 N–H and O–H groups in total. The van der Waals surface area contributed by atoms with E-state index in [4.69, 9.17) is 9.84 Å². The Kier molecular flexibility index (Phi) is 4.31. The van der Waals surface area contributed by atoms with E-state index in [0.29, 0.717) is 12.2 Å². The molecule has 0 aliphatic carbocycles. The maximum absolute atomic E-state index is 11.4. The third-order valence-corrected chi connectivity index (χ3v) is 2.04. The van der Waals surface area contributed by atoms with Crippen molar-refractivity contribution in [2.75, 3.05) is 6.61 Å². The number of carbonyl (C=O) groups excluding carboxylic acids is 1. The number of benzene rings is 1. The highest BCUT2D eigenvalue weighted by atomic mass is 16.5. The summed E-state index contributed by atoms with van der Waals surface area (Å²) in [5.41, 5.74) is 0.856. The SMILES string of the molecule is CC(C)C(=O)Oc1ccccc1CCO. The lowest BCUT2D eigenvalue weighted by Crippen LogP contribution is -2.15. The predicted molar refractivity (Wildman–Crippen MR) is 57.7 cm³/mol. The van der Waals surface area contributed by atoms with E-state index in [1.54, 1.807) is 19.9 Å². The van der Waals surface area contributed by atoms with Crippen molar-refractivity contribution >= 4 is 5.97 Å². The molecule has 0 amide bonds. The zero-order valence-electron chi connectivity index (χ0n) is 9.06.